The van der Waals surface area contributed by atoms with Gasteiger partial charge >= 0.3 is 0 Å². The highest BCUT2D eigenvalue weighted by molar-refractivity contribution is 5.83. The van der Waals surface area contributed by atoms with Crippen LogP contribution in [0, 0.1) is 5.41 Å². The number of aliphatic hydroxyl groups excluding tert-OH is 1. The molecule has 1 amide bonds. The first-order valence-corrected chi connectivity index (χ1v) is 10.4. The van der Waals surface area contributed by atoms with E-state index in [-0.39, 0.29) is 36.5 Å². The van der Waals surface area contributed by atoms with Crippen molar-refractivity contribution in [3.63, 3.8) is 0 Å². The Kier molecular flexibility index (Phi) is 6.34. The predicted molar refractivity (Wildman–Crippen MR) is 111 cm³/mol. The van der Waals surface area contributed by atoms with Gasteiger partial charge in [-0.15, -0.1) is 0 Å². The van der Waals surface area contributed by atoms with Crippen LogP contribution in [0.2, 0.25) is 0 Å². The number of rotatable bonds is 8. The second-order valence-electron chi connectivity index (χ2n) is 9.34. The highest BCUT2D eigenvalue weighted by atomic mass is 19.1. The highest BCUT2D eigenvalue weighted by Crippen LogP contribution is 2.58. The number of hydrogen-bond acceptors (Lipinski definition) is 4. The molecule has 0 spiro atoms. The summed E-state index contributed by atoms with van der Waals surface area (Å²) in [4.78, 5) is 12.9. The van der Waals surface area contributed by atoms with Gasteiger partial charge in [-0.25, -0.2) is 4.39 Å². The van der Waals surface area contributed by atoms with Gasteiger partial charge in [0.15, 0.2) is 0 Å². The molecule has 5 nitrogen and oxygen atoms in total. The second kappa shape index (κ2) is 8.44. The van der Waals surface area contributed by atoms with Crippen molar-refractivity contribution < 1.29 is 19.0 Å². The number of fused-ring (bicyclic) bond motifs is 3. The smallest absolute Gasteiger partial charge is 0.226 e. The summed E-state index contributed by atoms with van der Waals surface area (Å²) in [6, 6.07) is 8.07. The van der Waals surface area contributed by atoms with Gasteiger partial charge < -0.3 is 20.9 Å². The third-order valence-corrected chi connectivity index (χ3v) is 6.88. The Balaban J connectivity index is 1.64. The zero-order valence-electron chi connectivity index (χ0n) is 17.5. The summed E-state index contributed by atoms with van der Waals surface area (Å²) >= 11 is 0. The first-order chi connectivity index (χ1) is 13.8. The van der Waals surface area contributed by atoms with Crippen molar-refractivity contribution in [2.45, 2.75) is 63.3 Å². The fraction of sp³-hybridized carbons (Fsp3) is 0.609. The third-order valence-electron chi connectivity index (χ3n) is 6.88. The van der Waals surface area contributed by atoms with Crippen LogP contribution in [0.5, 0.6) is 5.75 Å². The van der Waals surface area contributed by atoms with Gasteiger partial charge in [-0.05, 0) is 75.5 Å². The summed E-state index contributed by atoms with van der Waals surface area (Å²) in [7, 11) is 0. The summed E-state index contributed by atoms with van der Waals surface area (Å²) in [6.45, 7) is 3.92. The molecule has 2 bridgehead atoms. The molecule has 3 saturated carbocycles. The summed E-state index contributed by atoms with van der Waals surface area (Å²) in [5.41, 5.74) is 6.40. The van der Waals surface area contributed by atoms with Crippen LogP contribution in [0.1, 0.15) is 57.9 Å². The second-order valence-corrected chi connectivity index (χ2v) is 9.34. The molecule has 0 heterocycles. The molecular formula is C23H33FN2O3. The van der Waals surface area contributed by atoms with Crippen LogP contribution >= 0.6 is 0 Å². The molecule has 29 heavy (non-hydrogen) atoms. The van der Waals surface area contributed by atoms with Gasteiger partial charge in [0.25, 0.3) is 0 Å². The molecule has 1 aromatic rings. The van der Waals surface area contributed by atoms with Crippen molar-refractivity contribution in [2.75, 3.05) is 19.8 Å². The van der Waals surface area contributed by atoms with E-state index < -0.39 is 5.54 Å². The molecule has 0 atom stereocenters. The maximum atomic E-state index is 12.9. The van der Waals surface area contributed by atoms with Crippen LogP contribution < -0.4 is 15.8 Å². The number of aliphatic hydroxyl groups is 1. The number of carbonyl (C=O) groups is 1. The third kappa shape index (κ3) is 4.48. The van der Waals surface area contributed by atoms with Crippen molar-refractivity contribution in [1.82, 2.24) is 5.32 Å². The SMILES string of the molecule is CC(C)(CO)NC(=O)C12CCC(c3ccc(OCC(=CF)CN)cc3)(CC1)CC2. The van der Waals surface area contributed by atoms with Gasteiger partial charge in [-0.2, -0.15) is 0 Å². The number of nitrogens with one attached hydrogen (secondary N) is 1. The molecule has 0 saturated heterocycles. The molecule has 160 valence electrons. The van der Waals surface area contributed by atoms with Gasteiger partial charge in [-0.1, -0.05) is 12.1 Å². The van der Waals surface area contributed by atoms with E-state index in [2.05, 4.69) is 17.4 Å². The van der Waals surface area contributed by atoms with Crippen molar-refractivity contribution in [1.29, 1.82) is 0 Å². The lowest BCUT2D eigenvalue weighted by Gasteiger charge is -2.53. The molecule has 0 radical (unpaired) electrons. The summed E-state index contributed by atoms with van der Waals surface area (Å²) < 4.78 is 18.2. The van der Waals surface area contributed by atoms with Crippen molar-refractivity contribution >= 4 is 5.91 Å². The molecule has 1 aromatic carbocycles. The standard InChI is InChI=1S/C23H33FN2O3/c1-21(2,16-27)26-20(28)23-10-7-22(8-11-23,9-12-23)18-3-5-19(6-4-18)29-15-17(13-24)14-25/h3-6,13,27H,7-12,14-16,25H2,1-2H3,(H,26,28). The van der Waals surface area contributed by atoms with Crippen LogP contribution in [0.3, 0.4) is 0 Å². The molecule has 0 unspecified atom stereocenters. The van der Waals surface area contributed by atoms with Crippen LogP contribution in [0.15, 0.2) is 36.2 Å². The van der Waals surface area contributed by atoms with Gasteiger partial charge in [0.1, 0.15) is 12.4 Å². The lowest BCUT2D eigenvalue weighted by molar-refractivity contribution is -0.140. The Bertz CT molecular complexity index is 733. The van der Waals surface area contributed by atoms with Gasteiger partial charge in [0, 0.05) is 17.5 Å². The fourth-order valence-electron chi connectivity index (χ4n) is 4.65. The largest absolute Gasteiger partial charge is 0.489 e. The first-order valence-electron chi connectivity index (χ1n) is 10.4. The average molecular weight is 405 g/mol. The molecular weight excluding hydrogens is 371 g/mol. The zero-order valence-corrected chi connectivity index (χ0v) is 17.5. The molecule has 6 heteroatoms. The van der Waals surface area contributed by atoms with E-state index >= 15 is 0 Å². The van der Waals surface area contributed by atoms with E-state index in [1.54, 1.807) is 0 Å². The van der Waals surface area contributed by atoms with Crippen LogP contribution in [-0.4, -0.2) is 36.3 Å². The fourth-order valence-corrected chi connectivity index (χ4v) is 4.65. The number of ether oxygens (including phenoxy) is 1. The summed E-state index contributed by atoms with van der Waals surface area (Å²) in [5.74, 6) is 0.787. The Labute approximate surface area is 172 Å². The summed E-state index contributed by atoms with van der Waals surface area (Å²) in [5, 5.41) is 12.5. The lowest BCUT2D eigenvalue weighted by Crippen LogP contribution is -2.56. The maximum absolute atomic E-state index is 12.9. The maximum Gasteiger partial charge on any atom is 0.226 e. The zero-order chi connectivity index (χ0) is 21.1. The topological polar surface area (TPSA) is 84.6 Å². The minimum Gasteiger partial charge on any atom is -0.489 e. The predicted octanol–water partition coefficient (Wildman–Crippen LogP) is 3.36. The van der Waals surface area contributed by atoms with E-state index in [9.17, 15) is 14.3 Å². The van der Waals surface area contributed by atoms with E-state index in [1.807, 2.05) is 26.0 Å². The number of benzene rings is 1. The van der Waals surface area contributed by atoms with E-state index in [0.717, 1.165) is 38.5 Å². The number of hydrogen-bond donors (Lipinski definition) is 3. The van der Waals surface area contributed by atoms with Gasteiger partial charge in [0.2, 0.25) is 5.91 Å². The molecule has 4 rings (SSSR count). The van der Waals surface area contributed by atoms with E-state index in [0.29, 0.717) is 17.7 Å². The monoisotopic (exact) mass is 404 g/mol. The van der Waals surface area contributed by atoms with Gasteiger partial charge in [-0.3, -0.25) is 4.79 Å². The molecule has 3 fully saturated rings. The van der Waals surface area contributed by atoms with Crippen molar-refractivity contribution in [3.05, 3.63) is 41.7 Å². The summed E-state index contributed by atoms with van der Waals surface area (Å²) in [6.07, 6.45) is 6.09. The van der Waals surface area contributed by atoms with Crippen molar-refractivity contribution in [2.24, 2.45) is 11.1 Å². The van der Waals surface area contributed by atoms with Crippen LogP contribution in [-0.2, 0) is 10.2 Å². The Morgan fingerprint density at radius 1 is 1.21 bits per heavy atom. The van der Waals surface area contributed by atoms with Crippen LogP contribution in [0.4, 0.5) is 4.39 Å². The quantitative estimate of drug-likeness (QED) is 0.620. The molecule has 4 N–H and O–H groups in total. The number of halogens is 1. The Hall–Kier alpha value is -1.92. The Morgan fingerprint density at radius 3 is 2.28 bits per heavy atom. The molecule has 3 aliphatic carbocycles. The Morgan fingerprint density at radius 2 is 1.79 bits per heavy atom. The number of amides is 1. The first kappa shape index (κ1) is 21.8. The van der Waals surface area contributed by atoms with Gasteiger partial charge in [0.05, 0.1) is 18.5 Å². The minimum absolute atomic E-state index is 0.0684. The normalized spacial score (nSPS) is 27.0. The number of nitrogens with two attached hydrogens (primary N) is 1. The van der Waals surface area contributed by atoms with E-state index in [1.165, 1.54) is 5.56 Å². The van der Waals surface area contributed by atoms with E-state index in [4.69, 9.17) is 10.5 Å². The number of carbonyl (C=O) groups excluding carboxylic acids is 1. The highest BCUT2D eigenvalue weighted by Gasteiger charge is 2.53. The average Bonchev–Trinajstić information content (AvgIpc) is 2.76. The van der Waals surface area contributed by atoms with Crippen molar-refractivity contribution in [3.8, 4) is 5.75 Å². The molecule has 0 aliphatic heterocycles. The van der Waals surface area contributed by atoms with Crippen LogP contribution in [0.25, 0.3) is 0 Å². The lowest BCUT2D eigenvalue weighted by atomic mass is 9.51. The molecule has 0 aromatic heterocycles. The molecule has 3 aliphatic rings. The minimum atomic E-state index is -0.589.